The normalized spacial score (nSPS) is 22.0. The highest BCUT2D eigenvalue weighted by Crippen LogP contribution is 2.49. The first-order valence-corrected chi connectivity index (χ1v) is 7.82. The average molecular weight is 348 g/mol. The molecule has 134 valence electrons. The van der Waals surface area contributed by atoms with Crippen LogP contribution in [0.1, 0.15) is 40.3 Å². The van der Waals surface area contributed by atoms with E-state index >= 15 is 0 Å². The highest BCUT2D eigenvalue weighted by Gasteiger charge is 2.41. The number of Topliss-reactive ketones (excluding diaryl/α,β-unsaturated/α-hetero) is 1. The Morgan fingerprint density at radius 1 is 1.00 bits per heavy atom. The van der Waals surface area contributed by atoms with Gasteiger partial charge in [0.1, 0.15) is 17.3 Å². The Morgan fingerprint density at radius 2 is 1.68 bits per heavy atom. The predicted molar refractivity (Wildman–Crippen MR) is 87.9 cm³/mol. The number of ether oxygens (including phenoxy) is 5. The molecule has 2 atom stereocenters. The first-order valence-electron chi connectivity index (χ1n) is 7.82. The SMILES string of the molecule is COC1=CC(=O)C(=O)c2c(OC)c3c(c(OC)c21)[C@H](OC)O[C@@H](C)C3. The molecule has 1 heterocycles. The van der Waals surface area contributed by atoms with Crippen LogP contribution in [0.15, 0.2) is 6.08 Å². The van der Waals surface area contributed by atoms with Crippen molar-refractivity contribution in [2.24, 2.45) is 0 Å². The van der Waals surface area contributed by atoms with Crippen LogP contribution in [-0.4, -0.2) is 46.1 Å². The number of allylic oxidation sites excluding steroid dienone is 1. The Morgan fingerprint density at radius 3 is 2.24 bits per heavy atom. The van der Waals surface area contributed by atoms with E-state index in [4.69, 9.17) is 23.7 Å². The van der Waals surface area contributed by atoms with Gasteiger partial charge in [0.25, 0.3) is 0 Å². The van der Waals surface area contributed by atoms with Crippen LogP contribution in [0.5, 0.6) is 11.5 Å². The fourth-order valence-corrected chi connectivity index (χ4v) is 3.44. The first-order chi connectivity index (χ1) is 12.0. The van der Waals surface area contributed by atoms with Crippen molar-refractivity contribution < 1.29 is 33.3 Å². The Kier molecular flexibility index (Phi) is 4.53. The molecule has 3 rings (SSSR count). The van der Waals surface area contributed by atoms with Gasteiger partial charge in [-0.15, -0.1) is 0 Å². The molecule has 7 heteroatoms. The van der Waals surface area contributed by atoms with Crippen LogP contribution in [0.2, 0.25) is 0 Å². The van der Waals surface area contributed by atoms with Gasteiger partial charge < -0.3 is 23.7 Å². The molecule has 0 bridgehead atoms. The fourth-order valence-electron chi connectivity index (χ4n) is 3.44. The molecule has 0 N–H and O–H groups in total. The molecule has 0 spiro atoms. The minimum Gasteiger partial charge on any atom is -0.496 e. The lowest BCUT2D eigenvalue weighted by Gasteiger charge is -2.34. The molecule has 0 aromatic heterocycles. The Hall–Kier alpha value is -2.38. The highest BCUT2D eigenvalue weighted by atomic mass is 16.7. The van der Waals surface area contributed by atoms with E-state index in [1.54, 1.807) is 0 Å². The summed E-state index contributed by atoms with van der Waals surface area (Å²) in [7, 11) is 5.91. The van der Waals surface area contributed by atoms with Crippen molar-refractivity contribution in [2.75, 3.05) is 28.4 Å². The van der Waals surface area contributed by atoms with Crippen LogP contribution in [0, 0.1) is 0 Å². The number of benzene rings is 1. The number of carbonyl (C=O) groups is 2. The third-order valence-corrected chi connectivity index (χ3v) is 4.43. The second-order valence-corrected chi connectivity index (χ2v) is 5.83. The Labute approximate surface area is 145 Å². The van der Waals surface area contributed by atoms with Gasteiger partial charge in [-0.25, -0.2) is 0 Å². The van der Waals surface area contributed by atoms with E-state index in [0.717, 1.165) is 11.6 Å². The van der Waals surface area contributed by atoms with E-state index in [0.29, 0.717) is 29.0 Å². The molecule has 2 aliphatic rings. The predicted octanol–water partition coefficient (Wildman–Crippen LogP) is 2.06. The number of fused-ring (bicyclic) bond motifs is 2. The lowest BCUT2D eigenvalue weighted by Crippen LogP contribution is -2.29. The quantitative estimate of drug-likeness (QED) is 0.771. The van der Waals surface area contributed by atoms with E-state index < -0.39 is 17.9 Å². The van der Waals surface area contributed by atoms with Crippen molar-refractivity contribution in [3.63, 3.8) is 0 Å². The summed E-state index contributed by atoms with van der Waals surface area (Å²) >= 11 is 0. The van der Waals surface area contributed by atoms with Crippen LogP contribution in [-0.2, 0) is 25.4 Å². The van der Waals surface area contributed by atoms with Gasteiger partial charge in [0.15, 0.2) is 6.29 Å². The molecule has 0 amide bonds. The third-order valence-electron chi connectivity index (χ3n) is 4.43. The van der Waals surface area contributed by atoms with Gasteiger partial charge in [0.05, 0.1) is 44.1 Å². The molecule has 0 saturated heterocycles. The van der Waals surface area contributed by atoms with Crippen LogP contribution < -0.4 is 9.47 Å². The molecule has 1 aromatic carbocycles. The van der Waals surface area contributed by atoms with Gasteiger partial charge in [-0.3, -0.25) is 9.59 Å². The maximum absolute atomic E-state index is 12.6. The van der Waals surface area contributed by atoms with Crippen LogP contribution in [0.3, 0.4) is 0 Å². The summed E-state index contributed by atoms with van der Waals surface area (Å²) in [6.07, 6.45) is 0.822. The van der Waals surface area contributed by atoms with Gasteiger partial charge in [0, 0.05) is 25.2 Å². The molecule has 1 aliphatic carbocycles. The minimum absolute atomic E-state index is 0.152. The van der Waals surface area contributed by atoms with Crippen LogP contribution in [0.25, 0.3) is 5.76 Å². The first kappa shape index (κ1) is 17.4. The standard InChI is InChI=1S/C18H20O7/c1-8-6-9-12(18(24-5)25-8)17(23-4)13-11(21-2)7-10(19)15(20)14(13)16(9)22-3/h7-8,18H,6H2,1-5H3/t8-,18+/m0/s1. The average Bonchev–Trinajstić information content (AvgIpc) is 2.61. The van der Waals surface area contributed by atoms with E-state index in [9.17, 15) is 9.59 Å². The Balaban J connectivity index is 2.45. The number of carbonyl (C=O) groups excluding carboxylic acids is 2. The van der Waals surface area contributed by atoms with Gasteiger partial charge in [0.2, 0.25) is 11.6 Å². The molecule has 1 aliphatic heterocycles. The number of hydrogen-bond donors (Lipinski definition) is 0. The van der Waals surface area contributed by atoms with Gasteiger partial charge in [-0.05, 0) is 6.92 Å². The molecule has 25 heavy (non-hydrogen) atoms. The maximum Gasteiger partial charge on any atom is 0.237 e. The van der Waals surface area contributed by atoms with Crippen molar-refractivity contribution in [2.45, 2.75) is 25.7 Å². The monoisotopic (exact) mass is 348 g/mol. The number of hydrogen-bond acceptors (Lipinski definition) is 7. The second kappa shape index (κ2) is 6.50. The number of methoxy groups -OCH3 is 4. The van der Waals surface area contributed by atoms with E-state index in [-0.39, 0.29) is 17.4 Å². The topological polar surface area (TPSA) is 80.3 Å². The van der Waals surface area contributed by atoms with Crippen molar-refractivity contribution in [3.8, 4) is 11.5 Å². The fraction of sp³-hybridized carbons (Fsp3) is 0.444. The summed E-state index contributed by atoms with van der Waals surface area (Å²) in [6, 6.07) is 0. The molecule has 1 aromatic rings. The molecule has 0 saturated carbocycles. The minimum atomic E-state index is -0.682. The van der Waals surface area contributed by atoms with Crippen molar-refractivity contribution in [1.29, 1.82) is 0 Å². The highest BCUT2D eigenvalue weighted by molar-refractivity contribution is 6.51. The summed E-state index contributed by atoms with van der Waals surface area (Å²) in [6.45, 7) is 1.90. The van der Waals surface area contributed by atoms with Crippen molar-refractivity contribution >= 4 is 17.3 Å². The molecular weight excluding hydrogens is 328 g/mol. The van der Waals surface area contributed by atoms with Crippen LogP contribution in [0.4, 0.5) is 0 Å². The summed E-state index contributed by atoms with van der Waals surface area (Å²) in [5, 5.41) is 0. The van der Waals surface area contributed by atoms with Gasteiger partial charge in [-0.1, -0.05) is 0 Å². The van der Waals surface area contributed by atoms with Gasteiger partial charge >= 0.3 is 0 Å². The molecular formula is C18H20O7. The number of rotatable bonds is 4. The second-order valence-electron chi connectivity index (χ2n) is 5.83. The smallest absolute Gasteiger partial charge is 0.237 e. The van der Waals surface area contributed by atoms with E-state index in [2.05, 4.69) is 0 Å². The van der Waals surface area contributed by atoms with Crippen molar-refractivity contribution in [3.05, 3.63) is 28.3 Å². The van der Waals surface area contributed by atoms with Gasteiger partial charge in [-0.2, -0.15) is 0 Å². The molecule has 0 radical (unpaired) electrons. The summed E-state index contributed by atoms with van der Waals surface area (Å²) in [5.74, 6) is -0.344. The lowest BCUT2D eigenvalue weighted by molar-refractivity contribution is -0.164. The lowest BCUT2D eigenvalue weighted by atomic mass is 9.84. The third kappa shape index (κ3) is 2.51. The zero-order chi connectivity index (χ0) is 18.3. The molecule has 0 unspecified atom stereocenters. The Bertz CT molecular complexity index is 778. The molecule has 0 fully saturated rings. The number of ketones is 2. The maximum atomic E-state index is 12.6. The largest absolute Gasteiger partial charge is 0.496 e. The van der Waals surface area contributed by atoms with E-state index in [1.807, 2.05) is 6.92 Å². The van der Waals surface area contributed by atoms with Crippen LogP contribution >= 0.6 is 0 Å². The summed E-state index contributed by atoms with van der Waals surface area (Å²) in [5.41, 5.74) is 1.92. The van der Waals surface area contributed by atoms with Crippen molar-refractivity contribution in [1.82, 2.24) is 0 Å². The zero-order valence-corrected chi connectivity index (χ0v) is 14.8. The summed E-state index contributed by atoms with van der Waals surface area (Å²) < 4.78 is 27.8. The molecule has 7 nitrogen and oxygen atoms in total. The van der Waals surface area contributed by atoms with E-state index in [1.165, 1.54) is 28.4 Å². The zero-order valence-electron chi connectivity index (χ0n) is 14.8. The summed E-state index contributed by atoms with van der Waals surface area (Å²) in [4.78, 5) is 24.7.